The lowest BCUT2D eigenvalue weighted by atomic mass is 9.90. The Kier molecular flexibility index (Phi) is 8.92. The summed E-state index contributed by atoms with van der Waals surface area (Å²) in [6.07, 6.45) is 3.64. The highest BCUT2D eigenvalue weighted by Gasteiger charge is 2.28. The van der Waals surface area contributed by atoms with Gasteiger partial charge < -0.3 is 14.8 Å². The van der Waals surface area contributed by atoms with Crippen LogP contribution >= 0.6 is 10.6 Å². The molecule has 1 heterocycles. The van der Waals surface area contributed by atoms with E-state index in [1.807, 2.05) is 6.07 Å². The van der Waals surface area contributed by atoms with E-state index in [0.29, 0.717) is 42.9 Å². The van der Waals surface area contributed by atoms with Crippen molar-refractivity contribution in [2.75, 3.05) is 23.4 Å². The fourth-order valence-electron chi connectivity index (χ4n) is 6.16. The molecule has 220 valence electrons. The number of hydrogen-bond acceptors (Lipinski definition) is 6. The first-order valence-electron chi connectivity index (χ1n) is 14.5. The lowest BCUT2D eigenvalue weighted by Gasteiger charge is -2.39. The lowest BCUT2D eigenvalue weighted by Crippen LogP contribution is -2.28. The third kappa shape index (κ3) is 6.88. The number of nitrogens with one attached hydrogen (secondary N) is 1. The van der Waals surface area contributed by atoms with E-state index in [-0.39, 0.29) is 30.4 Å². The van der Waals surface area contributed by atoms with E-state index < -0.39 is 10.6 Å². The van der Waals surface area contributed by atoms with Gasteiger partial charge in [-0.05, 0) is 103 Å². The van der Waals surface area contributed by atoms with Gasteiger partial charge in [-0.15, -0.1) is 0 Å². The van der Waals surface area contributed by atoms with Gasteiger partial charge in [0.05, 0.1) is 12.6 Å². The second kappa shape index (κ2) is 12.4. The van der Waals surface area contributed by atoms with Crippen molar-refractivity contribution in [3.8, 4) is 16.9 Å². The molecule has 0 radical (unpaired) electrons. The summed E-state index contributed by atoms with van der Waals surface area (Å²) in [6.45, 7) is 6.32. The van der Waals surface area contributed by atoms with Crippen LogP contribution in [-0.2, 0) is 22.4 Å². The van der Waals surface area contributed by atoms with Crippen molar-refractivity contribution in [3.63, 3.8) is 0 Å². The molecule has 1 atom stereocenters. The number of anilines is 1. The van der Waals surface area contributed by atoms with Gasteiger partial charge in [0.25, 0.3) is 0 Å². The second-order valence-electron chi connectivity index (χ2n) is 11.2. The Hall–Kier alpha value is -3.07. The molecule has 1 aliphatic carbocycles. The molecule has 6 nitrogen and oxygen atoms in total. The van der Waals surface area contributed by atoms with Crippen molar-refractivity contribution in [3.05, 3.63) is 82.2 Å². The van der Waals surface area contributed by atoms with Crippen molar-refractivity contribution in [2.45, 2.75) is 71.4 Å². The van der Waals surface area contributed by atoms with Crippen LogP contribution in [0.3, 0.4) is 0 Å². The summed E-state index contributed by atoms with van der Waals surface area (Å²) < 4.78 is 45.9. The Labute approximate surface area is 243 Å². The van der Waals surface area contributed by atoms with Crippen molar-refractivity contribution in [1.29, 1.82) is 0 Å². The quantitative estimate of drug-likeness (QED) is 0.222. The molecule has 2 aliphatic rings. The molecule has 5 rings (SSSR count). The highest BCUT2D eigenvalue weighted by molar-refractivity contribution is 8.24. The summed E-state index contributed by atoms with van der Waals surface area (Å²) in [4.78, 5) is 11.7. The van der Waals surface area contributed by atoms with Gasteiger partial charge in [0.15, 0.2) is 0 Å². The molecular formula is C33H40FNO5S. The molecule has 3 N–H and O–H groups in total. The Morgan fingerprint density at radius 2 is 1.78 bits per heavy atom. The van der Waals surface area contributed by atoms with E-state index in [1.165, 1.54) is 28.3 Å². The molecule has 41 heavy (non-hydrogen) atoms. The summed E-state index contributed by atoms with van der Waals surface area (Å²) in [5.74, 6) is 1.01. The molecule has 0 aromatic heterocycles. The molecule has 3 aromatic rings. The van der Waals surface area contributed by atoms with Crippen molar-refractivity contribution in [2.24, 2.45) is 0 Å². The van der Waals surface area contributed by atoms with Crippen LogP contribution in [0.2, 0.25) is 0 Å². The normalized spacial score (nSPS) is 18.9. The summed E-state index contributed by atoms with van der Waals surface area (Å²) >= 11 is 0. The van der Waals surface area contributed by atoms with Crippen molar-refractivity contribution >= 4 is 22.2 Å². The SMILES string of the molecule is CCOC(=O)CCc1ccc(NC2CCc3c(-c4c(C)cc(OC5CCS(O)(O)CC5)cc4C)cccc32)cc1F. The van der Waals surface area contributed by atoms with Crippen LogP contribution in [0.25, 0.3) is 11.1 Å². The average Bonchev–Trinajstić information content (AvgIpc) is 3.33. The van der Waals surface area contributed by atoms with Crippen LogP contribution in [0, 0.1) is 19.7 Å². The Balaban J connectivity index is 1.30. The van der Waals surface area contributed by atoms with Crippen molar-refractivity contribution in [1.82, 2.24) is 0 Å². The van der Waals surface area contributed by atoms with E-state index in [1.54, 1.807) is 13.0 Å². The number of hydrogen-bond donors (Lipinski definition) is 3. The monoisotopic (exact) mass is 581 g/mol. The van der Waals surface area contributed by atoms with E-state index in [9.17, 15) is 18.3 Å². The highest BCUT2D eigenvalue weighted by atomic mass is 32.3. The van der Waals surface area contributed by atoms with Gasteiger partial charge in [0, 0.05) is 36.5 Å². The Morgan fingerprint density at radius 3 is 2.46 bits per heavy atom. The molecule has 1 unspecified atom stereocenters. The molecule has 8 heteroatoms. The number of carbonyl (C=O) groups excluding carboxylic acids is 1. The number of aryl methyl sites for hydroxylation is 3. The van der Waals surface area contributed by atoms with Gasteiger partial charge in [0.2, 0.25) is 0 Å². The lowest BCUT2D eigenvalue weighted by molar-refractivity contribution is -0.143. The summed E-state index contributed by atoms with van der Waals surface area (Å²) in [5.41, 5.74) is 8.50. The first kappa shape index (κ1) is 29.4. The minimum absolute atomic E-state index is 0.00356. The van der Waals surface area contributed by atoms with E-state index in [4.69, 9.17) is 9.47 Å². The van der Waals surface area contributed by atoms with Gasteiger partial charge in [-0.1, -0.05) is 24.3 Å². The minimum Gasteiger partial charge on any atom is -0.490 e. The zero-order valence-electron chi connectivity index (χ0n) is 24.0. The van der Waals surface area contributed by atoms with Gasteiger partial charge in [0.1, 0.15) is 17.7 Å². The molecule has 1 saturated heterocycles. The Bertz CT molecular complexity index is 1390. The molecule has 0 amide bonds. The number of carbonyl (C=O) groups is 1. The number of benzene rings is 3. The average molecular weight is 582 g/mol. The van der Waals surface area contributed by atoms with Crippen LogP contribution < -0.4 is 10.1 Å². The third-order valence-electron chi connectivity index (χ3n) is 8.18. The molecule has 1 aliphatic heterocycles. The van der Waals surface area contributed by atoms with Gasteiger partial charge >= 0.3 is 5.97 Å². The van der Waals surface area contributed by atoms with Crippen LogP contribution in [0.1, 0.15) is 66.5 Å². The molecule has 1 fully saturated rings. The number of halogens is 1. The molecule has 0 bridgehead atoms. The standard InChI is InChI=1S/C33H40FNO5S/c1-4-39-32(36)13-9-23-8-10-24(20-30(23)34)35-31-12-11-27-28(31)6-5-7-29(27)33-21(2)18-26(19-22(33)3)40-25-14-16-41(37,38)17-15-25/h5-8,10,18-20,25,31,35,37-38H,4,9,11-17H2,1-3H3. The maximum atomic E-state index is 14.8. The van der Waals surface area contributed by atoms with Gasteiger partial charge in [-0.3, -0.25) is 13.9 Å². The fraction of sp³-hybridized carbons (Fsp3) is 0.424. The third-order valence-corrected chi connectivity index (χ3v) is 9.96. The zero-order valence-corrected chi connectivity index (χ0v) is 24.9. The summed E-state index contributed by atoms with van der Waals surface area (Å²) in [7, 11) is -2.43. The molecule has 0 spiro atoms. The summed E-state index contributed by atoms with van der Waals surface area (Å²) in [5, 5.41) is 3.53. The number of fused-ring (bicyclic) bond motifs is 1. The molecule has 0 saturated carbocycles. The zero-order chi connectivity index (χ0) is 29.1. The Morgan fingerprint density at radius 1 is 1.05 bits per heavy atom. The molecular weight excluding hydrogens is 541 g/mol. The number of ether oxygens (including phenoxy) is 2. The predicted octanol–water partition coefficient (Wildman–Crippen LogP) is 8.00. The van der Waals surface area contributed by atoms with Gasteiger partial charge in [-0.25, -0.2) is 4.39 Å². The first-order valence-corrected chi connectivity index (χ1v) is 16.4. The highest BCUT2D eigenvalue weighted by Crippen LogP contribution is 2.45. The van der Waals surface area contributed by atoms with E-state index in [2.05, 4.69) is 49.5 Å². The molecule has 3 aromatic carbocycles. The minimum atomic E-state index is -2.43. The fourth-order valence-corrected chi connectivity index (χ4v) is 7.65. The number of rotatable bonds is 9. The largest absolute Gasteiger partial charge is 0.490 e. The second-order valence-corrected chi connectivity index (χ2v) is 13.6. The first-order chi connectivity index (χ1) is 19.6. The van der Waals surface area contributed by atoms with Crippen LogP contribution in [0.15, 0.2) is 48.5 Å². The van der Waals surface area contributed by atoms with Crippen LogP contribution in [0.5, 0.6) is 5.75 Å². The van der Waals surface area contributed by atoms with Gasteiger partial charge in [-0.2, -0.15) is 10.6 Å². The van der Waals surface area contributed by atoms with E-state index >= 15 is 0 Å². The smallest absolute Gasteiger partial charge is 0.306 e. The maximum Gasteiger partial charge on any atom is 0.306 e. The predicted molar refractivity (Wildman–Crippen MR) is 164 cm³/mol. The van der Waals surface area contributed by atoms with Crippen molar-refractivity contribution < 1.29 is 27.8 Å². The summed E-state index contributed by atoms with van der Waals surface area (Å²) in [6, 6.07) is 15.8. The number of esters is 1. The van der Waals surface area contributed by atoms with E-state index in [0.717, 1.165) is 35.4 Å². The topological polar surface area (TPSA) is 88.0 Å². The van der Waals surface area contributed by atoms with Crippen LogP contribution in [0.4, 0.5) is 10.1 Å². The maximum absolute atomic E-state index is 14.8. The van der Waals surface area contributed by atoms with Crippen LogP contribution in [-0.4, -0.2) is 39.3 Å².